The molecule has 0 aliphatic heterocycles. The predicted molar refractivity (Wildman–Crippen MR) is 62.8 cm³/mol. The molecule has 7 heteroatoms. The second kappa shape index (κ2) is 3.13. The molecule has 0 N–H and O–H groups in total. The standard InChI is InChI=1S/C9H4N2O3S2/c12-10-3-6-7(4-16-9(6)11(13)14)5-1-2-15-8(5)10/h1-4H. The Balaban J connectivity index is 2.55. The summed E-state index contributed by atoms with van der Waals surface area (Å²) in [7, 11) is 0. The predicted octanol–water partition coefficient (Wildman–Crippen LogP) is 2.66. The normalized spacial score (nSPS) is 11.2. The Morgan fingerprint density at radius 1 is 1.25 bits per heavy atom. The van der Waals surface area contributed by atoms with Gasteiger partial charge in [0, 0.05) is 10.8 Å². The fourth-order valence-corrected chi connectivity index (χ4v) is 3.34. The lowest BCUT2D eigenvalue weighted by atomic mass is 10.2. The van der Waals surface area contributed by atoms with Crippen molar-refractivity contribution in [2.24, 2.45) is 0 Å². The summed E-state index contributed by atoms with van der Waals surface area (Å²) in [5.74, 6) is 0. The fraction of sp³-hybridized carbons (Fsp3) is 0. The van der Waals surface area contributed by atoms with Gasteiger partial charge in [0.1, 0.15) is 5.39 Å². The van der Waals surface area contributed by atoms with Gasteiger partial charge in [-0.2, -0.15) is 4.73 Å². The molecule has 0 radical (unpaired) electrons. The molecule has 16 heavy (non-hydrogen) atoms. The lowest BCUT2D eigenvalue weighted by Gasteiger charge is -1.97. The van der Waals surface area contributed by atoms with Crippen molar-refractivity contribution in [3.8, 4) is 0 Å². The van der Waals surface area contributed by atoms with Crippen LogP contribution in [0.4, 0.5) is 5.00 Å². The molecule has 0 saturated heterocycles. The number of pyridine rings is 1. The summed E-state index contributed by atoms with van der Waals surface area (Å²) >= 11 is 2.38. The zero-order chi connectivity index (χ0) is 11.3. The van der Waals surface area contributed by atoms with Crippen molar-refractivity contribution in [3.63, 3.8) is 0 Å². The van der Waals surface area contributed by atoms with Crippen LogP contribution in [0.3, 0.4) is 0 Å². The van der Waals surface area contributed by atoms with Gasteiger partial charge in [-0.25, -0.2) is 0 Å². The van der Waals surface area contributed by atoms with E-state index in [4.69, 9.17) is 0 Å². The third-order valence-electron chi connectivity index (χ3n) is 2.36. The van der Waals surface area contributed by atoms with E-state index in [2.05, 4.69) is 0 Å². The Kier molecular flexibility index (Phi) is 1.86. The minimum Gasteiger partial charge on any atom is -0.618 e. The van der Waals surface area contributed by atoms with Crippen molar-refractivity contribution in [1.82, 2.24) is 0 Å². The first kappa shape index (κ1) is 9.49. The molecule has 3 rings (SSSR count). The first-order chi connectivity index (χ1) is 7.68. The third kappa shape index (κ3) is 1.12. The van der Waals surface area contributed by atoms with Crippen molar-refractivity contribution in [3.05, 3.63) is 38.3 Å². The Morgan fingerprint density at radius 2 is 2.06 bits per heavy atom. The van der Waals surface area contributed by atoms with Gasteiger partial charge in [-0.15, -0.1) is 0 Å². The summed E-state index contributed by atoms with van der Waals surface area (Å²) in [6, 6.07) is 1.81. The molecule has 3 aromatic rings. The van der Waals surface area contributed by atoms with E-state index in [0.29, 0.717) is 14.9 Å². The maximum Gasteiger partial charge on any atom is 0.338 e. The fourth-order valence-electron chi connectivity index (χ4n) is 1.68. The second-order valence-corrected chi connectivity index (χ2v) is 4.97. The molecule has 0 atom stereocenters. The summed E-state index contributed by atoms with van der Waals surface area (Å²) in [4.78, 5) is 10.9. The monoisotopic (exact) mass is 252 g/mol. The molecule has 0 fully saturated rings. The summed E-state index contributed by atoms with van der Waals surface area (Å²) in [6.45, 7) is 0. The van der Waals surface area contributed by atoms with Crippen LogP contribution in [0.15, 0.2) is 23.0 Å². The van der Waals surface area contributed by atoms with Gasteiger partial charge in [-0.05, 0) is 11.4 Å². The quantitative estimate of drug-likeness (QED) is 0.289. The van der Waals surface area contributed by atoms with Crippen molar-refractivity contribution in [1.29, 1.82) is 0 Å². The molecule has 0 bridgehead atoms. The molecular weight excluding hydrogens is 248 g/mol. The van der Waals surface area contributed by atoms with Gasteiger partial charge in [-0.3, -0.25) is 10.1 Å². The lowest BCUT2D eigenvalue weighted by molar-refractivity contribution is -0.573. The highest BCUT2D eigenvalue weighted by Crippen LogP contribution is 2.36. The molecular formula is C9H4N2O3S2. The lowest BCUT2D eigenvalue weighted by Crippen LogP contribution is -2.24. The van der Waals surface area contributed by atoms with Crippen LogP contribution in [0.25, 0.3) is 21.0 Å². The van der Waals surface area contributed by atoms with Gasteiger partial charge in [-0.1, -0.05) is 22.7 Å². The van der Waals surface area contributed by atoms with Gasteiger partial charge in [0.2, 0.25) is 0 Å². The van der Waals surface area contributed by atoms with Crippen LogP contribution in [0.1, 0.15) is 0 Å². The van der Waals surface area contributed by atoms with Crippen LogP contribution in [0.5, 0.6) is 0 Å². The molecule has 0 saturated carbocycles. The van der Waals surface area contributed by atoms with E-state index in [-0.39, 0.29) is 5.00 Å². The average Bonchev–Trinajstić information content (AvgIpc) is 2.80. The van der Waals surface area contributed by atoms with E-state index >= 15 is 0 Å². The molecule has 0 unspecified atom stereocenters. The molecule has 0 aliphatic rings. The Labute approximate surface area is 96.9 Å². The van der Waals surface area contributed by atoms with E-state index in [1.807, 2.05) is 11.4 Å². The van der Waals surface area contributed by atoms with Crippen molar-refractivity contribution >= 4 is 48.7 Å². The van der Waals surface area contributed by atoms with Gasteiger partial charge >= 0.3 is 5.00 Å². The molecule has 3 heterocycles. The maximum absolute atomic E-state index is 11.6. The van der Waals surface area contributed by atoms with Gasteiger partial charge < -0.3 is 5.21 Å². The highest BCUT2D eigenvalue weighted by Gasteiger charge is 2.21. The van der Waals surface area contributed by atoms with E-state index in [9.17, 15) is 15.3 Å². The van der Waals surface area contributed by atoms with Crippen LogP contribution >= 0.6 is 22.7 Å². The number of hydrogen-bond donors (Lipinski definition) is 0. The molecule has 5 nitrogen and oxygen atoms in total. The Morgan fingerprint density at radius 3 is 2.81 bits per heavy atom. The molecule has 0 aromatic carbocycles. The van der Waals surface area contributed by atoms with Gasteiger partial charge in [0.05, 0.1) is 10.3 Å². The smallest absolute Gasteiger partial charge is 0.338 e. The number of fused-ring (bicyclic) bond motifs is 3. The zero-order valence-electron chi connectivity index (χ0n) is 7.75. The highest BCUT2D eigenvalue weighted by atomic mass is 32.1. The minimum absolute atomic E-state index is 0.0210. The second-order valence-electron chi connectivity index (χ2n) is 3.22. The van der Waals surface area contributed by atoms with E-state index in [1.54, 1.807) is 5.38 Å². The molecule has 0 aliphatic carbocycles. The third-order valence-corrected chi connectivity index (χ3v) is 4.20. The van der Waals surface area contributed by atoms with E-state index in [0.717, 1.165) is 22.1 Å². The minimum atomic E-state index is -0.453. The molecule has 80 valence electrons. The van der Waals surface area contributed by atoms with Gasteiger partial charge in [0.15, 0.2) is 6.20 Å². The molecule has 0 spiro atoms. The van der Waals surface area contributed by atoms with Crippen molar-refractivity contribution < 1.29 is 9.65 Å². The van der Waals surface area contributed by atoms with Crippen molar-refractivity contribution in [2.45, 2.75) is 0 Å². The number of aromatic nitrogens is 1. The van der Waals surface area contributed by atoms with Crippen LogP contribution < -0.4 is 4.73 Å². The van der Waals surface area contributed by atoms with Gasteiger partial charge in [0.25, 0.3) is 4.83 Å². The highest BCUT2D eigenvalue weighted by molar-refractivity contribution is 7.17. The zero-order valence-corrected chi connectivity index (χ0v) is 9.38. The Hall–Kier alpha value is -1.73. The van der Waals surface area contributed by atoms with Crippen LogP contribution in [0.2, 0.25) is 0 Å². The first-order valence-corrected chi connectivity index (χ1v) is 6.09. The first-order valence-electron chi connectivity index (χ1n) is 4.33. The maximum atomic E-state index is 11.6. The summed E-state index contributed by atoms with van der Waals surface area (Å²) < 4.78 is 0.696. The molecule has 0 amide bonds. The summed E-state index contributed by atoms with van der Waals surface area (Å²) in [6.07, 6.45) is 1.28. The average molecular weight is 252 g/mol. The number of rotatable bonds is 1. The van der Waals surface area contributed by atoms with Crippen LogP contribution in [0, 0.1) is 15.3 Å². The number of nitro groups is 1. The van der Waals surface area contributed by atoms with E-state index < -0.39 is 4.92 Å². The Bertz CT molecular complexity index is 716. The SMILES string of the molecule is O=[N+]([O-])c1scc2c1c[n+]([O-])c1sccc21. The van der Waals surface area contributed by atoms with Crippen LogP contribution in [-0.2, 0) is 0 Å². The number of thiophene rings is 2. The number of nitrogens with zero attached hydrogens (tertiary/aromatic N) is 2. The topological polar surface area (TPSA) is 70.1 Å². The molecule has 3 aromatic heterocycles. The number of hydrogen-bond acceptors (Lipinski definition) is 5. The summed E-state index contributed by atoms with van der Waals surface area (Å²) in [5, 5.41) is 27.9. The van der Waals surface area contributed by atoms with Crippen LogP contribution in [-0.4, -0.2) is 4.92 Å². The summed E-state index contributed by atoms with van der Waals surface area (Å²) in [5.41, 5.74) is 0. The van der Waals surface area contributed by atoms with E-state index in [1.165, 1.54) is 17.5 Å². The largest absolute Gasteiger partial charge is 0.618 e. The van der Waals surface area contributed by atoms with Crippen molar-refractivity contribution in [2.75, 3.05) is 0 Å².